The second kappa shape index (κ2) is 8.23. The Morgan fingerprint density at radius 1 is 1.08 bits per heavy atom. The number of likely N-dealkylation sites (tertiary alicyclic amines) is 1. The summed E-state index contributed by atoms with van der Waals surface area (Å²) in [5.41, 5.74) is 0. The van der Waals surface area contributed by atoms with E-state index in [9.17, 15) is 4.79 Å². The van der Waals surface area contributed by atoms with Crippen LogP contribution in [0.15, 0.2) is 11.6 Å². The number of hydrogen-bond acceptors (Lipinski definition) is 6. The number of carbonyl (C=O) groups is 1. The first kappa shape index (κ1) is 18.2. The average molecular weight is 378 g/mol. The number of aromatic nitrogens is 1. The number of hydrogen-bond donors (Lipinski definition) is 0. The molecule has 3 aliphatic rings. The van der Waals surface area contributed by atoms with Crippen molar-refractivity contribution in [3.05, 3.63) is 11.6 Å². The summed E-state index contributed by atoms with van der Waals surface area (Å²) in [7, 11) is 2.14. The Morgan fingerprint density at radius 2 is 1.85 bits per heavy atom. The number of rotatable bonds is 3. The Balaban J connectivity index is 1.29. The highest BCUT2D eigenvalue weighted by atomic mass is 32.1. The minimum absolute atomic E-state index is 0.212. The van der Waals surface area contributed by atoms with Crippen LogP contribution in [0.25, 0.3) is 0 Å². The van der Waals surface area contributed by atoms with E-state index in [2.05, 4.69) is 37.0 Å². The molecule has 1 aromatic rings. The zero-order chi connectivity index (χ0) is 17.9. The molecule has 26 heavy (non-hydrogen) atoms. The first-order chi connectivity index (χ1) is 12.7. The van der Waals surface area contributed by atoms with Gasteiger partial charge in [-0.3, -0.25) is 9.69 Å². The maximum absolute atomic E-state index is 13.0. The lowest BCUT2D eigenvalue weighted by atomic mass is 9.92. The molecule has 3 saturated heterocycles. The van der Waals surface area contributed by atoms with Gasteiger partial charge in [0.15, 0.2) is 5.13 Å². The number of piperazine rings is 1. The van der Waals surface area contributed by atoms with Crippen molar-refractivity contribution in [3.8, 4) is 0 Å². The molecule has 6 nitrogen and oxygen atoms in total. The minimum Gasteiger partial charge on any atom is -0.348 e. The van der Waals surface area contributed by atoms with Crippen LogP contribution < -0.4 is 4.90 Å². The predicted molar refractivity (Wildman–Crippen MR) is 106 cm³/mol. The Labute approximate surface area is 160 Å². The lowest BCUT2D eigenvalue weighted by Crippen LogP contribution is -2.54. The maximum atomic E-state index is 13.0. The van der Waals surface area contributed by atoms with E-state index in [1.54, 1.807) is 11.3 Å². The highest BCUT2D eigenvalue weighted by Gasteiger charge is 2.34. The van der Waals surface area contributed by atoms with E-state index in [1.807, 2.05) is 6.20 Å². The van der Waals surface area contributed by atoms with Crippen molar-refractivity contribution in [1.82, 2.24) is 19.7 Å². The van der Waals surface area contributed by atoms with Gasteiger partial charge in [0, 0.05) is 63.4 Å². The van der Waals surface area contributed by atoms with Crippen LogP contribution in [-0.2, 0) is 4.79 Å². The van der Waals surface area contributed by atoms with Gasteiger partial charge in [0.1, 0.15) is 0 Å². The fraction of sp³-hybridized carbons (Fsp3) is 0.789. The number of carbonyl (C=O) groups excluding carboxylic acids is 1. The topological polar surface area (TPSA) is 42.9 Å². The second-order valence-electron chi connectivity index (χ2n) is 8.00. The maximum Gasteiger partial charge on any atom is 0.227 e. The van der Waals surface area contributed by atoms with Crippen LogP contribution in [0, 0.1) is 5.92 Å². The number of piperidine rings is 2. The SMILES string of the molecule is CN1CCN(C(=O)[C@@H]2CCCN(C3CCN(c4nccs4)CC3)C2)CC1. The lowest BCUT2D eigenvalue weighted by molar-refractivity contribution is -0.139. The molecule has 1 amide bonds. The van der Waals surface area contributed by atoms with Gasteiger partial charge in [0.2, 0.25) is 5.91 Å². The van der Waals surface area contributed by atoms with E-state index in [0.717, 1.165) is 70.3 Å². The van der Waals surface area contributed by atoms with Gasteiger partial charge < -0.3 is 14.7 Å². The van der Waals surface area contributed by atoms with Crippen LogP contribution in [0.1, 0.15) is 25.7 Å². The van der Waals surface area contributed by atoms with Gasteiger partial charge in [-0.25, -0.2) is 4.98 Å². The predicted octanol–water partition coefficient (Wildman–Crippen LogP) is 1.60. The number of amides is 1. The van der Waals surface area contributed by atoms with Gasteiger partial charge >= 0.3 is 0 Å². The molecule has 0 bridgehead atoms. The van der Waals surface area contributed by atoms with Crippen LogP contribution in [0.4, 0.5) is 5.13 Å². The Morgan fingerprint density at radius 3 is 2.54 bits per heavy atom. The van der Waals surface area contributed by atoms with E-state index >= 15 is 0 Å². The first-order valence-electron chi connectivity index (χ1n) is 10.1. The molecule has 0 spiro atoms. The molecule has 0 saturated carbocycles. The monoisotopic (exact) mass is 377 g/mol. The first-order valence-corrected chi connectivity index (χ1v) is 10.9. The molecular weight excluding hydrogens is 346 g/mol. The Bertz CT molecular complexity index is 579. The van der Waals surface area contributed by atoms with E-state index in [0.29, 0.717) is 11.9 Å². The van der Waals surface area contributed by atoms with Crippen molar-refractivity contribution in [2.24, 2.45) is 5.92 Å². The number of anilines is 1. The van der Waals surface area contributed by atoms with Gasteiger partial charge in [-0.15, -0.1) is 11.3 Å². The molecule has 3 fully saturated rings. The Hall–Kier alpha value is -1.18. The molecule has 3 aliphatic heterocycles. The molecular formula is C19H31N5OS. The summed E-state index contributed by atoms with van der Waals surface area (Å²) in [6.45, 7) is 8.13. The average Bonchev–Trinajstić information content (AvgIpc) is 3.23. The highest BCUT2D eigenvalue weighted by Crippen LogP contribution is 2.28. The van der Waals surface area contributed by atoms with Crippen molar-refractivity contribution in [2.75, 3.05) is 64.3 Å². The molecule has 1 aromatic heterocycles. The second-order valence-corrected chi connectivity index (χ2v) is 8.87. The normalized spacial score (nSPS) is 27.0. The molecule has 4 heterocycles. The summed E-state index contributed by atoms with van der Waals surface area (Å²) >= 11 is 1.73. The standard InChI is InChI=1S/C19H31N5OS/c1-21-10-12-22(13-11-21)18(25)16-3-2-7-24(15-16)17-4-8-23(9-5-17)19-20-6-14-26-19/h6,14,16-17H,2-5,7-13,15H2,1H3/t16-/m1/s1. The fourth-order valence-corrected chi connectivity index (χ4v) is 5.32. The summed E-state index contributed by atoms with van der Waals surface area (Å²) < 4.78 is 0. The van der Waals surface area contributed by atoms with Crippen molar-refractivity contribution < 1.29 is 4.79 Å². The van der Waals surface area contributed by atoms with Gasteiger partial charge in [-0.2, -0.15) is 0 Å². The van der Waals surface area contributed by atoms with Crippen LogP contribution in [-0.4, -0.2) is 91.0 Å². The molecule has 0 aliphatic carbocycles. The molecule has 0 N–H and O–H groups in total. The van der Waals surface area contributed by atoms with Crippen LogP contribution in [0.3, 0.4) is 0 Å². The van der Waals surface area contributed by atoms with E-state index < -0.39 is 0 Å². The quantitative estimate of drug-likeness (QED) is 0.800. The van der Waals surface area contributed by atoms with Gasteiger partial charge in [0.05, 0.1) is 5.92 Å². The fourth-order valence-electron chi connectivity index (χ4n) is 4.62. The van der Waals surface area contributed by atoms with Gasteiger partial charge in [-0.1, -0.05) is 0 Å². The van der Waals surface area contributed by atoms with E-state index in [1.165, 1.54) is 12.8 Å². The Kier molecular flexibility index (Phi) is 5.76. The zero-order valence-electron chi connectivity index (χ0n) is 15.8. The molecule has 1 atom stereocenters. The molecule has 0 aromatic carbocycles. The summed E-state index contributed by atoms with van der Waals surface area (Å²) in [6, 6.07) is 0.634. The van der Waals surface area contributed by atoms with Gasteiger partial charge in [-0.05, 0) is 39.3 Å². The summed E-state index contributed by atoms with van der Waals surface area (Å²) in [5, 5.41) is 3.21. The third-order valence-electron chi connectivity index (χ3n) is 6.29. The van der Waals surface area contributed by atoms with Crippen LogP contribution in [0.5, 0.6) is 0 Å². The number of nitrogens with zero attached hydrogens (tertiary/aromatic N) is 5. The van der Waals surface area contributed by atoms with Crippen molar-refractivity contribution in [3.63, 3.8) is 0 Å². The van der Waals surface area contributed by atoms with E-state index in [4.69, 9.17) is 0 Å². The molecule has 0 radical (unpaired) electrons. The van der Waals surface area contributed by atoms with Crippen molar-refractivity contribution >= 4 is 22.4 Å². The summed E-state index contributed by atoms with van der Waals surface area (Å²) in [4.78, 5) is 26.9. The van der Waals surface area contributed by atoms with Gasteiger partial charge in [0.25, 0.3) is 0 Å². The zero-order valence-corrected chi connectivity index (χ0v) is 16.7. The largest absolute Gasteiger partial charge is 0.348 e. The number of thiazole rings is 1. The smallest absolute Gasteiger partial charge is 0.227 e. The molecule has 4 rings (SSSR count). The lowest BCUT2D eigenvalue weighted by Gasteiger charge is -2.43. The molecule has 7 heteroatoms. The van der Waals surface area contributed by atoms with Crippen LogP contribution in [0.2, 0.25) is 0 Å². The molecule has 0 unspecified atom stereocenters. The third-order valence-corrected chi connectivity index (χ3v) is 7.12. The number of likely N-dealkylation sites (N-methyl/N-ethyl adjacent to an activating group) is 1. The third kappa shape index (κ3) is 4.05. The van der Waals surface area contributed by atoms with Crippen molar-refractivity contribution in [2.45, 2.75) is 31.7 Å². The van der Waals surface area contributed by atoms with Crippen molar-refractivity contribution in [1.29, 1.82) is 0 Å². The minimum atomic E-state index is 0.212. The summed E-state index contributed by atoms with van der Waals surface area (Å²) in [5.74, 6) is 0.618. The summed E-state index contributed by atoms with van der Waals surface area (Å²) in [6.07, 6.45) is 6.51. The van der Waals surface area contributed by atoms with Crippen LogP contribution >= 0.6 is 11.3 Å². The molecule has 144 valence electrons. The van der Waals surface area contributed by atoms with E-state index in [-0.39, 0.29) is 5.92 Å². The highest BCUT2D eigenvalue weighted by molar-refractivity contribution is 7.13.